The molecule has 0 radical (unpaired) electrons. The Morgan fingerprint density at radius 2 is 2.13 bits per heavy atom. The molecule has 1 atom stereocenters. The van der Waals surface area contributed by atoms with Gasteiger partial charge >= 0.3 is 0 Å². The summed E-state index contributed by atoms with van der Waals surface area (Å²) in [7, 11) is 0. The molecule has 3 nitrogen and oxygen atoms in total. The number of carbonyl (C=O) groups is 1. The summed E-state index contributed by atoms with van der Waals surface area (Å²) in [6, 6.07) is 9.88. The van der Waals surface area contributed by atoms with Gasteiger partial charge in [-0.3, -0.25) is 9.78 Å². The predicted octanol–water partition coefficient (Wildman–Crippen LogP) is 2.04. The van der Waals surface area contributed by atoms with Crippen LogP contribution in [0.1, 0.15) is 18.5 Å². The minimum absolute atomic E-state index is 0.0129. The first-order valence-electron chi connectivity index (χ1n) is 4.86. The van der Waals surface area contributed by atoms with Crippen molar-refractivity contribution in [3.8, 4) is 0 Å². The second-order valence-electron chi connectivity index (χ2n) is 3.43. The Labute approximate surface area is 88.1 Å². The van der Waals surface area contributed by atoms with Gasteiger partial charge < -0.3 is 5.32 Å². The lowest BCUT2D eigenvalue weighted by Crippen LogP contribution is -2.16. The van der Waals surface area contributed by atoms with Crippen LogP contribution in [0.5, 0.6) is 0 Å². The molecule has 0 spiro atoms. The molecule has 76 valence electrons. The number of aromatic nitrogens is 1. The number of rotatable bonds is 3. The Bertz CT molecular complexity index is 477. The maximum absolute atomic E-state index is 10.4. The molecule has 3 heteroatoms. The van der Waals surface area contributed by atoms with E-state index in [4.69, 9.17) is 0 Å². The number of amides is 1. The van der Waals surface area contributed by atoms with Crippen molar-refractivity contribution in [2.45, 2.75) is 13.0 Å². The largest absolute Gasteiger partial charge is 0.352 e. The Morgan fingerprint density at radius 1 is 1.33 bits per heavy atom. The highest BCUT2D eigenvalue weighted by molar-refractivity contribution is 5.82. The maximum atomic E-state index is 10.4. The molecular weight excluding hydrogens is 188 g/mol. The fraction of sp³-hybridized carbons (Fsp3) is 0.167. The van der Waals surface area contributed by atoms with Crippen molar-refractivity contribution in [2.75, 3.05) is 0 Å². The summed E-state index contributed by atoms with van der Waals surface area (Å²) in [5, 5.41) is 3.83. The highest BCUT2D eigenvalue weighted by atomic mass is 16.1. The molecule has 1 aromatic heterocycles. The molecule has 0 saturated carbocycles. The quantitative estimate of drug-likeness (QED) is 0.770. The Hall–Kier alpha value is -1.90. The summed E-state index contributed by atoms with van der Waals surface area (Å²) in [6.45, 7) is 1.94. The Kier molecular flexibility index (Phi) is 2.63. The van der Waals surface area contributed by atoms with Gasteiger partial charge in [0.2, 0.25) is 6.41 Å². The summed E-state index contributed by atoms with van der Waals surface area (Å²) in [4.78, 5) is 14.7. The lowest BCUT2D eigenvalue weighted by atomic mass is 10.0. The van der Waals surface area contributed by atoms with Gasteiger partial charge in [-0.25, -0.2) is 0 Å². The molecule has 1 unspecified atom stereocenters. The zero-order valence-corrected chi connectivity index (χ0v) is 8.47. The normalized spacial score (nSPS) is 12.3. The van der Waals surface area contributed by atoms with Gasteiger partial charge in [-0.05, 0) is 13.0 Å². The third kappa shape index (κ3) is 1.81. The summed E-state index contributed by atoms with van der Waals surface area (Å²) in [5.41, 5.74) is 1.99. The second-order valence-corrected chi connectivity index (χ2v) is 3.43. The molecule has 15 heavy (non-hydrogen) atoms. The van der Waals surface area contributed by atoms with Crippen molar-refractivity contribution >= 4 is 17.3 Å². The smallest absolute Gasteiger partial charge is 0.207 e. The molecule has 2 aromatic rings. The monoisotopic (exact) mass is 200 g/mol. The van der Waals surface area contributed by atoms with Crippen LogP contribution in [0.15, 0.2) is 36.5 Å². The van der Waals surface area contributed by atoms with E-state index in [2.05, 4.69) is 10.3 Å². The number of nitrogens with one attached hydrogen (secondary N) is 1. The van der Waals surface area contributed by atoms with Gasteiger partial charge in [0.25, 0.3) is 0 Å². The van der Waals surface area contributed by atoms with Crippen molar-refractivity contribution in [3.05, 3.63) is 42.1 Å². The zero-order valence-electron chi connectivity index (χ0n) is 8.47. The van der Waals surface area contributed by atoms with E-state index in [1.54, 1.807) is 6.20 Å². The Balaban J connectivity index is 2.55. The molecule has 1 amide bonds. The second kappa shape index (κ2) is 4.09. The van der Waals surface area contributed by atoms with E-state index >= 15 is 0 Å². The van der Waals surface area contributed by atoms with Crippen LogP contribution in [0.2, 0.25) is 0 Å². The third-order valence-electron chi connectivity index (χ3n) is 2.45. The fourth-order valence-electron chi connectivity index (χ4n) is 1.67. The zero-order chi connectivity index (χ0) is 10.7. The van der Waals surface area contributed by atoms with Crippen molar-refractivity contribution in [3.63, 3.8) is 0 Å². The van der Waals surface area contributed by atoms with Crippen LogP contribution < -0.4 is 5.32 Å². The molecule has 1 aromatic carbocycles. The molecule has 0 fully saturated rings. The summed E-state index contributed by atoms with van der Waals surface area (Å²) in [5.74, 6) is 0. The van der Waals surface area contributed by atoms with Gasteiger partial charge in [0.05, 0.1) is 11.6 Å². The molecule has 1 heterocycles. The van der Waals surface area contributed by atoms with Crippen LogP contribution >= 0.6 is 0 Å². The first kappa shape index (κ1) is 9.65. The van der Waals surface area contributed by atoms with Crippen LogP contribution in [-0.2, 0) is 4.79 Å². The van der Waals surface area contributed by atoms with Crippen LogP contribution in [0.3, 0.4) is 0 Å². The highest BCUT2D eigenvalue weighted by Crippen LogP contribution is 2.21. The van der Waals surface area contributed by atoms with Crippen LogP contribution in [0, 0.1) is 0 Å². The number of nitrogens with zero attached hydrogens (tertiary/aromatic N) is 1. The summed E-state index contributed by atoms with van der Waals surface area (Å²) in [6.07, 6.45) is 2.48. The van der Waals surface area contributed by atoms with Gasteiger partial charge in [0, 0.05) is 17.1 Å². The van der Waals surface area contributed by atoms with Gasteiger partial charge in [0.1, 0.15) is 0 Å². The molecule has 0 bridgehead atoms. The molecule has 0 aliphatic rings. The van der Waals surface area contributed by atoms with Gasteiger partial charge in [-0.2, -0.15) is 0 Å². The summed E-state index contributed by atoms with van der Waals surface area (Å²) < 4.78 is 0. The molecule has 1 N–H and O–H groups in total. The van der Waals surface area contributed by atoms with E-state index in [0.717, 1.165) is 16.5 Å². The van der Waals surface area contributed by atoms with E-state index in [9.17, 15) is 4.79 Å². The molecular formula is C12H12N2O. The first-order chi connectivity index (χ1) is 7.33. The van der Waals surface area contributed by atoms with Crippen LogP contribution in [0.4, 0.5) is 0 Å². The SMILES string of the molecule is CC(NC=O)c1cccc2cccnc12. The average molecular weight is 200 g/mol. The minimum atomic E-state index is -0.0129. The maximum Gasteiger partial charge on any atom is 0.207 e. The number of pyridine rings is 1. The average Bonchev–Trinajstić information content (AvgIpc) is 2.28. The number of para-hydroxylation sites is 1. The van der Waals surface area contributed by atoms with Gasteiger partial charge in [-0.1, -0.05) is 24.3 Å². The standard InChI is InChI=1S/C12H12N2O/c1-9(14-8-15)11-6-2-4-10-5-3-7-13-12(10)11/h2-9H,1H3,(H,14,15). The molecule has 0 aliphatic carbocycles. The molecule has 2 rings (SSSR count). The Morgan fingerprint density at radius 3 is 2.93 bits per heavy atom. The third-order valence-corrected chi connectivity index (χ3v) is 2.45. The fourth-order valence-corrected chi connectivity index (χ4v) is 1.67. The number of hydrogen-bond donors (Lipinski definition) is 1. The molecule has 0 aliphatic heterocycles. The van der Waals surface area contributed by atoms with Crippen molar-refractivity contribution in [1.29, 1.82) is 0 Å². The lowest BCUT2D eigenvalue weighted by molar-refractivity contribution is -0.110. The lowest BCUT2D eigenvalue weighted by Gasteiger charge is -2.12. The predicted molar refractivity (Wildman–Crippen MR) is 59.4 cm³/mol. The van der Waals surface area contributed by atoms with Gasteiger partial charge in [0.15, 0.2) is 0 Å². The van der Waals surface area contributed by atoms with E-state index < -0.39 is 0 Å². The molecule has 0 saturated heterocycles. The van der Waals surface area contributed by atoms with E-state index in [1.807, 2.05) is 37.3 Å². The number of carbonyl (C=O) groups excluding carboxylic acids is 1. The van der Waals surface area contributed by atoms with E-state index in [0.29, 0.717) is 6.41 Å². The van der Waals surface area contributed by atoms with Crippen molar-refractivity contribution in [2.24, 2.45) is 0 Å². The van der Waals surface area contributed by atoms with E-state index in [1.165, 1.54) is 0 Å². The first-order valence-corrected chi connectivity index (χ1v) is 4.86. The van der Waals surface area contributed by atoms with Crippen LogP contribution in [0.25, 0.3) is 10.9 Å². The minimum Gasteiger partial charge on any atom is -0.352 e. The van der Waals surface area contributed by atoms with Crippen LogP contribution in [-0.4, -0.2) is 11.4 Å². The highest BCUT2D eigenvalue weighted by Gasteiger charge is 2.08. The van der Waals surface area contributed by atoms with Crippen molar-refractivity contribution in [1.82, 2.24) is 10.3 Å². The number of hydrogen-bond acceptors (Lipinski definition) is 2. The summed E-state index contributed by atoms with van der Waals surface area (Å²) >= 11 is 0. The number of benzene rings is 1. The topological polar surface area (TPSA) is 42.0 Å². The van der Waals surface area contributed by atoms with Gasteiger partial charge in [-0.15, -0.1) is 0 Å². The number of fused-ring (bicyclic) bond motifs is 1. The van der Waals surface area contributed by atoms with Crippen molar-refractivity contribution < 1.29 is 4.79 Å². The van der Waals surface area contributed by atoms with E-state index in [-0.39, 0.29) is 6.04 Å².